The van der Waals surface area contributed by atoms with Gasteiger partial charge in [0.25, 0.3) is 0 Å². The van der Waals surface area contributed by atoms with Crippen molar-refractivity contribution in [2.24, 2.45) is 0 Å². The van der Waals surface area contributed by atoms with Crippen LogP contribution in [0.15, 0.2) is 30.3 Å². The lowest BCUT2D eigenvalue weighted by molar-refractivity contribution is 0.105. The fraction of sp³-hybridized carbons (Fsp3) is 0.273. The Bertz CT molecular complexity index is 246. The summed E-state index contributed by atoms with van der Waals surface area (Å²) in [6.07, 6.45) is 7.31. The minimum Gasteiger partial charge on any atom is -0.394 e. The van der Waals surface area contributed by atoms with Crippen molar-refractivity contribution >= 4 is 5.69 Å². The summed E-state index contributed by atoms with van der Waals surface area (Å²) in [6, 6.07) is 9.56. The van der Waals surface area contributed by atoms with Crippen LogP contribution in [0.4, 0.5) is 5.69 Å². The molecule has 0 saturated carbocycles. The highest BCUT2D eigenvalue weighted by Gasteiger charge is 1.99. The number of nitrogens with one attached hydrogen (secondary N) is 1. The summed E-state index contributed by atoms with van der Waals surface area (Å²) in [5.41, 5.74) is 0.949. The van der Waals surface area contributed by atoms with Crippen LogP contribution in [-0.2, 0) is 0 Å². The van der Waals surface area contributed by atoms with Crippen LogP contribution < -0.4 is 5.32 Å². The summed E-state index contributed by atoms with van der Waals surface area (Å²) in [4.78, 5) is 0. The number of anilines is 1. The number of hydrogen-bond donors (Lipinski definition) is 3. The van der Waals surface area contributed by atoms with Gasteiger partial charge in [-0.15, -0.1) is 12.8 Å². The first-order chi connectivity index (χ1) is 6.83. The summed E-state index contributed by atoms with van der Waals surface area (Å²) in [5, 5.41) is 20.5. The fourth-order valence-electron chi connectivity index (χ4n) is 0.856. The van der Waals surface area contributed by atoms with E-state index in [0.717, 1.165) is 5.69 Å². The molecule has 1 unspecified atom stereocenters. The molecule has 76 valence electrons. The molecule has 3 N–H and O–H groups in total. The van der Waals surface area contributed by atoms with Gasteiger partial charge in [0.15, 0.2) is 0 Å². The third kappa shape index (κ3) is 5.20. The molecule has 3 heteroatoms. The van der Waals surface area contributed by atoms with Crippen LogP contribution in [0.3, 0.4) is 0 Å². The average Bonchev–Trinajstić information content (AvgIpc) is 2.30. The molecule has 0 amide bonds. The number of rotatable bonds is 4. The molecule has 1 aromatic rings. The van der Waals surface area contributed by atoms with E-state index in [1.807, 2.05) is 30.3 Å². The van der Waals surface area contributed by atoms with Gasteiger partial charge in [-0.05, 0) is 12.1 Å². The summed E-state index contributed by atoms with van der Waals surface area (Å²) < 4.78 is 0. The molecule has 0 bridgehead atoms. The quantitative estimate of drug-likeness (QED) is 0.617. The van der Waals surface area contributed by atoms with Gasteiger partial charge >= 0.3 is 0 Å². The molecule has 3 nitrogen and oxygen atoms in total. The number of benzene rings is 1. The van der Waals surface area contributed by atoms with E-state index >= 15 is 0 Å². The van der Waals surface area contributed by atoms with E-state index in [1.54, 1.807) is 0 Å². The van der Waals surface area contributed by atoms with Crippen molar-refractivity contribution in [2.45, 2.75) is 6.10 Å². The van der Waals surface area contributed by atoms with Crippen molar-refractivity contribution < 1.29 is 10.2 Å². The Balaban J connectivity index is 0.000000791. The Kier molecular flexibility index (Phi) is 7.24. The van der Waals surface area contributed by atoms with Crippen LogP contribution in [0.2, 0.25) is 0 Å². The molecule has 1 aromatic carbocycles. The number of aliphatic hydroxyl groups is 2. The van der Waals surface area contributed by atoms with Crippen LogP contribution >= 0.6 is 0 Å². The normalized spacial score (nSPS) is 10.9. The van der Waals surface area contributed by atoms with Gasteiger partial charge in [0, 0.05) is 12.2 Å². The number of aliphatic hydroxyl groups excluding tert-OH is 2. The Morgan fingerprint density at radius 1 is 1.21 bits per heavy atom. The van der Waals surface area contributed by atoms with E-state index in [9.17, 15) is 0 Å². The number of hydrogen-bond acceptors (Lipinski definition) is 3. The summed E-state index contributed by atoms with van der Waals surface area (Å²) in [5.74, 6) is 0. The molecule has 0 aliphatic rings. The fourth-order valence-corrected chi connectivity index (χ4v) is 0.856. The molecule has 1 rings (SSSR count). The molecule has 0 spiro atoms. The number of para-hydroxylation sites is 1. The zero-order valence-electron chi connectivity index (χ0n) is 7.93. The highest BCUT2D eigenvalue weighted by Crippen LogP contribution is 2.04. The minimum absolute atomic E-state index is 0.208. The minimum atomic E-state index is -0.690. The second kappa shape index (κ2) is 8.11. The lowest BCUT2D eigenvalue weighted by Gasteiger charge is -2.09. The van der Waals surface area contributed by atoms with Crippen LogP contribution in [0.25, 0.3) is 0 Å². The van der Waals surface area contributed by atoms with Crippen molar-refractivity contribution in [1.82, 2.24) is 0 Å². The predicted octanol–water partition coefficient (Wildman–Crippen LogP) is 0.701. The standard InChI is InChI=1S/C9H13NO2.C2H2/c11-7-9(12)6-10-8-4-2-1-3-5-8;1-2/h1-5,9-12H,6-7H2;1-2H. The van der Waals surface area contributed by atoms with E-state index in [1.165, 1.54) is 0 Å². The highest BCUT2D eigenvalue weighted by atomic mass is 16.3. The monoisotopic (exact) mass is 193 g/mol. The first-order valence-corrected chi connectivity index (χ1v) is 4.24. The SMILES string of the molecule is C#C.OCC(O)CNc1ccccc1. The molecular weight excluding hydrogens is 178 g/mol. The highest BCUT2D eigenvalue weighted by molar-refractivity contribution is 5.42. The first-order valence-electron chi connectivity index (χ1n) is 4.24. The third-order valence-electron chi connectivity index (χ3n) is 1.53. The van der Waals surface area contributed by atoms with Gasteiger partial charge in [-0.3, -0.25) is 0 Å². The van der Waals surface area contributed by atoms with Gasteiger partial charge in [-0.2, -0.15) is 0 Å². The third-order valence-corrected chi connectivity index (χ3v) is 1.53. The van der Waals surface area contributed by atoms with Crippen LogP contribution in [0, 0.1) is 12.8 Å². The maximum Gasteiger partial charge on any atom is 0.0942 e. The van der Waals surface area contributed by atoms with E-state index in [4.69, 9.17) is 10.2 Å². The molecule has 14 heavy (non-hydrogen) atoms. The van der Waals surface area contributed by atoms with Gasteiger partial charge < -0.3 is 15.5 Å². The Labute approximate surface area is 84.4 Å². The van der Waals surface area contributed by atoms with Crippen LogP contribution in [-0.4, -0.2) is 29.5 Å². The van der Waals surface area contributed by atoms with Crippen molar-refractivity contribution in [3.05, 3.63) is 30.3 Å². The van der Waals surface area contributed by atoms with Crippen molar-refractivity contribution in [2.75, 3.05) is 18.5 Å². The molecule has 0 aromatic heterocycles. The Morgan fingerprint density at radius 3 is 2.29 bits per heavy atom. The van der Waals surface area contributed by atoms with Crippen molar-refractivity contribution in [3.63, 3.8) is 0 Å². The van der Waals surface area contributed by atoms with Crippen molar-refractivity contribution in [1.29, 1.82) is 0 Å². The van der Waals surface area contributed by atoms with E-state index < -0.39 is 6.10 Å². The molecule has 0 radical (unpaired) electrons. The van der Waals surface area contributed by atoms with Gasteiger partial charge in [0.1, 0.15) is 0 Å². The van der Waals surface area contributed by atoms with Crippen molar-refractivity contribution in [3.8, 4) is 12.8 Å². The molecule has 0 aliphatic carbocycles. The topological polar surface area (TPSA) is 52.5 Å². The molecule has 0 fully saturated rings. The second-order valence-electron chi connectivity index (χ2n) is 2.58. The van der Waals surface area contributed by atoms with Gasteiger partial charge in [-0.25, -0.2) is 0 Å². The average molecular weight is 193 g/mol. The van der Waals surface area contributed by atoms with E-state index in [2.05, 4.69) is 18.2 Å². The van der Waals surface area contributed by atoms with Gasteiger partial charge in [-0.1, -0.05) is 18.2 Å². The van der Waals surface area contributed by atoms with Gasteiger partial charge in [0.05, 0.1) is 12.7 Å². The van der Waals surface area contributed by atoms with E-state index in [-0.39, 0.29) is 6.61 Å². The van der Waals surface area contributed by atoms with Gasteiger partial charge in [0.2, 0.25) is 0 Å². The first kappa shape index (κ1) is 12.5. The maximum atomic E-state index is 9.01. The molecular formula is C11H15NO2. The smallest absolute Gasteiger partial charge is 0.0942 e. The zero-order chi connectivity index (χ0) is 10.8. The molecule has 1 atom stereocenters. The van der Waals surface area contributed by atoms with Crippen LogP contribution in [0.5, 0.6) is 0 Å². The molecule has 0 heterocycles. The van der Waals surface area contributed by atoms with Crippen LogP contribution in [0.1, 0.15) is 0 Å². The molecule has 0 aliphatic heterocycles. The Morgan fingerprint density at radius 2 is 1.79 bits per heavy atom. The zero-order valence-corrected chi connectivity index (χ0v) is 7.93. The summed E-state index contributed by atoms with van der Waals surface area (Å²) in [7, 11) is 0. The largest absolute Gasteiger partial charge is 0.394 e. The maximum absolute atomic E-state index is 9.01. The van der Waals surface area contributed by atoms with E-state index in [0.29, 0.717) is 6.54 Å². The lowest BCUT2D eigenvalue weighted by Crippen LogP contribution is -2.22. The predicted molar refractivity (Wildman–Crippen MR) is 57.9 cm³/mol. The second-order valence-corrected chi connectivity index (χ2v) is 2.58. The Hall–Kier alpha value is -1.50. The lowest BCUT2D eigenvalue weighted by atomic mass is 10.3. The summed E-state index contributed by atoms with van der Waals surface area (Å²) in [6.45, 7) is 0.167. The molecule has 0 saturated heterocycles. The number of terminal acetylenes is 1. The summed E-state index contributed by atoms with van der Waals surface area (Å²) >= 11 is 0.